The molecule has 2 aliphatic carbocycles. The van der Waals surface area contributed by atoms with Gasteiger partial charge >= 0.3 is 6.18 Å². The lowest BCUT2D eigenvalue weighted by atomic mass is 9.68. The Morgan fingerprint density at radius 2 is 1.46 bits per heavy atom. The average molecular weight is 395 g/mol. The largest absolute Gasteiger partial charge is 0.480 e. The summed E-state index contributed by atoms with van der Waals surface area (Å²) in [5, 5.41) is 0. The Morgan fingerprint density at radius 1 is 0.857 bits per heavy atom. The number of hydrogen-bond acceptors (Lipinski definition) is 1. The molecule has 2 fully saturated rings. The van der Waals surface area contributed by atoms with Crippen LogP contribution in [0.3, 0.4) is 0 Å². The van der Waals surface area contributed by atoms with Crippen LogP contribution in [0, 0.1) is 23.7 Å². The predicted molar refractivity (Wildman–Crippen MR) is 106 cm³/mol. The van der Waals surface area contributed by atoms with Crippen LogP contribution in [0.4, 0.5) is 13.2 Å². The summed E-state index contributed by atoms with van der Waals surface area (Å²) >= 11 is 0. The van der Waals surface area contributed by atoms with Crippen molar-refractivity contribution in [2.75, 3.05) is 0 Å². The van der Waals surface area contributed by atoms with E-state index in [2.05, 4.69) is 13.0 Å². The molecule has 156 valence electrons. The second kappa shape index (κ2) is 7.91. The van der Waals surface area contributed by atoms with Crippen molar-refractivity contribution in [1.82, 2.24) is 0 Å². The minimum atomic E-state index is -4.30. The maximum atomic E-state index is 13.1. The van der Waals surface area contributed by atoms with Crippen molar-refractivity contribution >= 4 is 0 Å². The van der Waals surface area contributed by atoms with E-state index in [-0.39, 0.29) is 0 Å². The van der Waals surface area contributed by atoms with E-state index in [4.69, 9.17) is 4.74 Å². The zero-order chi connectivity index (χ0) is 19.9. The highest BCUT2D eigenvalue weighted by Crippen LogP contribution is 2.45. The first-order valence-corrected chi connectivity index (χ1v) is 11.2. The maximum absolute atomic E-state index is 13.1. The molecule has 4 heteroatoms. The summed E-state index contributed by atoms with van der Waals surface area (Å²) in [6, 6.07) is 5.92. The topological polar surface area (TPSA) is 9.23 Å². The Morgan fingerprint density at radius 3 is 2.07 bits per heavy atom. The van der Waals surface area contributed by atoms with E-state index in [1.807, 2.05) is 6.07 Å². The van der Waals surface area contributed by atoms with E-state index in [9.17, 15) is 13.2 Å². The zero-order valence-corrected chi connectivity index (χ0v) is 17.1. The van der Waals surface area contributed by atoms with Crippen molar-refractivity contribution in [2.24, 2.45) is 23.7 Å². The number of fused-ring (bicyclic) bond motifs is 1. The Bertz CT molecular complexity index is 667. The van der Waals surface area contributed by atoms with Crippen LogP contribution in [0.2, 0.25) is 0 Å². The summed E-state index contributed by atoms with van der Waals surface area (Å²) in [4.78, 5) is 0. The van der Waals surface area contributed by atoms with Gasteiger partial charge in [0.1, 0.15) is 5.75 Å². The number of hydrogen-bond donors (Lipinski definition) is 0. The third-order valence-electron chi connectivity index (χ3n) is 7.69. The van der Waals surface area contributed by atoms with Gasteiger partial charge in [-0.1, -0.05) is 38.8 Å². The fourth-order valence-electron chi connectivity index (χ4n) is 5.91. The van der Waals surface area contributed by atoms with Gasteiger partial charge in [0.15, 0.2) is 6.10 Å². The van der Waals surface area contributed by atoms with Crippen molar-refractivity contribution in [2.45, 2.75) is 89.8 Å². The van der Waals surface area contributed by atoms with Gasteiger partial charge in [0, 0.05) is 5.92 Å². The monoisotopic (exact) mass is 394 g/mol. The quantitative estimate of drug-likeness (QED) is 0.512. The fourth-order valence-corrected chi connectivity index (χ4v) is 5.91. The van der Waals surface area contributed by atoms with E-state index in [1.165, 1.54) is 56.9 Å². The highest BCUT2D eigenvalue weighted by atomic mass is 19.4. The molecule has 0 radical (unpaired) electrons. The Kier molecular flexibility index (Phi) is 5.68. The summed E-state index contributed by atoms with van der Waals surface area (Å²) < 4.78 is 44.8. The van der Waals surface area contributed by atoms with E-state index in [0.717, 1.165) is 23.3 Å². The molecule has 3 aliphatic rings. The number of ether oxygens (including phenoxy) is 1. The van der Waals surface area contributed by atoms with Crippen LogP contribution < -0.4 is 4.74 Å². The van der Waals surface area contributed by atoms with E-state index < -0.39 is 18.2 Å². The summed E-state index contributed by atoms with van der Waals surface area (Å²) in [7, 11) is 0. The standard InChI is InChI=1S/C24H33F3O/c1-15-3-5-17(6-4-15)18-7-9-19(10-8-18)20-11-12-22-21(14-20)13-16(2)23(28-22)24(25,26)27/h11-12,14-19,23H,3-10,13H2,1-2H3. The van der Waals surface area contributed by atoms with Gasteiger partial charge in [0.05, 0.1) is 0 Å². The first-order valence-electron chi connectivity index (χ1n) is 11.2. The van der Waals surface area contributed by atoms with Gasteiger partial charge in [-0.3, -0.25) is 0 Å². The lowest BCUT2D eigenvalue weighted by Gasteiger charge is -2.38. The first kappa shape index (κ1) is 20.1. The summed E-state index contributed by atoms with van der Waals surface area (Å²) in [5.74, 6) is 3.16. The molecule has 1 aromatic rings. The Balaban J connectivity index is 1.38. The average Bonchev–Trinajstić information content (AvgIpc) is 2.67. The molecule has 1 aromatic carbocycles. The normalized spacial score (nSPS) is 36.5. The molecule has 28 heavy (non-hydrogen) atoms. The van der Waals surface area contributed by atoms with Gasteiger partial charge in [-0.25, -0.2) is 0 Å². The number of alkyl halides is 3. The third kappa shape index (κ3) is 4.21. The minimum Gasteiger partial charge on any atom is -0.480 e. The summed E-state index contributed by atoms with van der Waals surface area (Å²) in [5.41, 5.74) is 2.25. The molecule has 4 rings (SSSR count). The molecule has 0 spiro atoms. The molecule has 1 aliphatic heterocycles. The van der Waals surface area contributed by atoms with Crippen LogP contribution in [-0.4, -0.2) is 12.3 Å². The zero-order valence-electron chi connectivity index (χ0n) is 17.1. The van der Waals surface area contributed by atoms with Gasteiger partial charge in [-0.05, 0) is 85.8 Å². The lowest BCUT2D eigenvalue weighted by molar-refractivity contribution is -0.211. The molecular weight excluding hydrogens is 361 g/mol. The van der Waals surface area contributed by atoms with Crippen LogP contribution in [0.15, 0.2) is 18.2 Å². The molecule has 1 heterocycles. The molecule has 0 amide bonds. The van der Waals surface area contributed by atoms with Crippen molar-refractivity contribution in [3.63, 3.8) is 0 Å². The van der Waals surface area contributed by atoms with Crippen molar-refractivity contribution in [1.29, 1.82) is 0 Å². The van der Waals surface area contributed by atoms with Crippen LogP contribution in [0.25, 0.3) is 0 Å². The summed E-state index contributed by atoms with van der Waals surface area (Å²) in [6.07, 6.45) is 5.13. The maximum Gasteiger partial charge on any atom is 0.425 e. The number of benzene rings is 1. The first-order chi connectivity index (χ1) is 13.3. The predicted octanol–water partition coefficient (Wildman–Crippen LogP) is 7.29. The molecule has 2 atom stereocenters. The van der Waals surface area contributed by atoms with Crippen molar-refractivity contribution in [3.8, 4) is 5.75 Å². The smallest absolute Gasteiger partial charge is 0.425 e. The molecule has 0 aromatic heterocycles. The Labute approximate surface area is 167 Å². The number of halogens is 3. The molecule has 0 saturated heterocycles. The van der Waals surface area contributed by atoms with Crippen LogP contribution in [0.1, 0.15) is 82.3 Å². The van der Waals surface area contributed by atoms with Gasteiger partial charge in [-0.15, -0.1) is 0 Å². The second-order valence-electron chi connectivity index (χ2n) is 9.76. The number of rotatable bonds is 2. The molecule has 0 bridgehead atoms. The highest BCUT2D eigenvalue weighted by Gasteiger charge is 2.47. The van der Waals surface area contributed by atoms with Crippen LogP contribution >= 0.6 is 0 Å². The third-order valence-corrected chi connectivity index (χ3v) is 7.69. The fraction of sp³-hybridized carbons (Fsp3) is 0.750. The Hall–Kier alpha value is -1.19. The second-order valence-corrected chi connectivity index (χ2v) is 9.76. The summed E-state index contributed by atoms with van der Waals surface area (Å²) in [6.45, 7) is 4.02. The highest BCUT2D eigenvalue weighted by molar-refractivity contribution is 5.41. The molecule has 2 saturated carbocycles. The van der Waals surface area contributed by atoms with E-state index in [0.29, 0.717) is 18.1 Å². The molecular formula is C24H33F3O. The SMILES string of the molecule is CC1CCC(C2CCC(c3ccc4c(c3)CC(C)C(C(F)(F)F)O4)CC2)CC1. The van der Waals surface area contributed by atoms with E-state index >= 15 is 0 Å². The van der Waals surface area contributed by atoms with Gasteiger partial charge < -0.3 is 4.74 Å². The van der Waals surface area contributed by atoms with Gasteiger partial charge in [0.25, 0.3) is 0 Å². The van der Waals surface area contributed by atoms with Crippen molar-refractivity contribution in [3.05, 3.63) is 29.3 Å². The van der Waals surface area contributed by atoms with Crippen molar-refractivity contribution < 1.29 is 17.9 Å². The molecule has 1 nitrogen and oxygen atoms in total. The lowest BCUT2D eigenvalue weighted by Crippen LogP contribution is -2.43. The van der Waals surface area contributed by atoms with E-state index in [1.54, 1.807) is 13.0 Å². The van der Waals surface area contributed by atoms with Crippen LogP contribution in [-0.2, 0) is 6.42 Å². The molecule has 0 N–H and O–H groups in total. The van der Waals surface area contributed by atoms with Crippen LogP contribution in [0.5, 0.6) is 5.75 Å². The minimum absolute atomic E-state index is 0.425. The van der Waals surface area contributed by atoms with Gasteiger partial charge in [0.2, 0.25) is 0 Å². The van der Waals surface area contributed by atoms with Gasteiger partial charge in [-0.2, -0.15) is 13.2 Å². The molecule has 2 unspecified atom stereocenters.